The average Bonchev–Trinajstić information content (AvgIpc) is 3.49. The fourth-order valence-electron chi connectivity index (χ4n) is 5.58. The highest BCUT2D eigenvalue weighted by atomic mass is 32.1. The van der Waals surface area contributed by atoms with Crippen LogP contribution in [0.2, 0.25) is 0 Å². The number of ether oxygens (including phenoxy) is 2. The van der Waals surface area contributed by atoms with E-state index in [1.54, 1.807) is 7.11 Å². The van der Waals surface area contributed by atoms with Gasteiger partial charge in [0.25, 0.3) is 0 Å². The van der Waals surface area contributed by atoms with Crippen LogP contribution in [0.3, 0.4) is 0 Å². The second kappa shape index (κ2) is 11.1. The first kappa shape index (κ1) is 26.6. The zero-order valence-corrected chi connectivity index (χ0v) is 24.4. The summed E-state index contributed by atoms with van der Waals surface area (Å²) in [5, 5.41) is 4.24. The van der Waals surface area contributed by atoms with Crippen molar-refractivity contribution in [3.05, 3.63) is 131 Å². The van der Waals surface area contributed by atoms with E-state index < -0.39 is 0 Å². The van der Waals surface area contributed by atoms with E-state index >= 15 is 0 Å². The smallest absolute Gasteiger partial charge is 0.174 e. The molecule has 0 bridgehead atoms. The maximum absolute atomic E-state index is 6.08. The molecule has 1 aliphatic rings. The highest BCUT2D eigenvalue weighted by molar-refractivity contribution is 7.80. The number of anilines is 1. The highest BCUT2D eigenvalue weighted by Gasteiger charge is 2.42. The Hall–Kier alpha value is -4.62. The lowest BCUT2D eigenvalue weighted by Gasteiger charge is -2.28. The Balaban J connectivity index is 1.38. The van der Waals surface area contributed by atoms with Gasteiger partial charge in [-0.15, -0.1) is 0 Å². The van der Waals surface area contributed by atoms with E-state index in [-0.39, 0.29) is 12.1 Å². The van der Waals surface area contributed by atoms with Crippen LogP contribution >= 0.6 is 12.2 Å². The Kier molecular flexibility index (Phi) is 7.20. The minimum absolute atomic E-state index is 0.101. The molecule has 1 saturated heterocycles. The molecule has 0 aliphatic carbocycles. The Bertz CT molecular complexity index is 1660. The number of hydrogen-bond donors (Lipinski definition) is 1. The van der Waals surface area contributed by atoms with Crippen molar-refractivity contribution in [1.29, 1.82) is 0 Å². The Morgan fingerprint density at radius 3 is 2.05 bits per heavy atom. The second-order valence-electron chi connectivity index (χ2n) is 10.3. The van der Waals surface area contributed by atoms with Crippen LogP contribution in [-0.4, -0.2) is 21.8 Å². The van der Waals surface area contributed by atoms with Gasteiger partial charge in [-0.05, 0) is 117 Å². The quantitative estimate of drug-likeness (QED) is 0.205. The topological polar surface area (TPSA) is 51.6 Å². The molecule has 2 aromatic heterocycles. The Morgan fingerprint density at radius 1 is 0.780 bits per heavy atom. The molecule has 3 heterocycles. The molecule has 1 fully saturated rings. The number of aromatic nitrogens is 2. The van der Waals surface area contributed by atoms with Gasteiger partial charge in [-0.2, -0.15) is 0 Å². The predicted octanol–water partition coefficient (Wildman–Crippen LogP) is 7.78. The minimum Gasteiger partial charge on any atom is -0.497 e. The summed E-state index contributed by atoms with van der Waals surface area (Å²) in [6, 6.07) is 32.3. The number of thiocarbonyl (C=S) groups is 1. The van der Waals surface area contributed by atoms with E-state index in [9.17, 15) is 0 Å². The summed E-state index contributed by atoms with van der Waals surface area (Å²) in [4.78, 5) is 6.92. The van der Waals surface area contributed by atoms with E-state index in [1.165, 1.54) is 22.5 Å². The maximum Gasteiger partial charge on any atom is 0.174 e. The van der Waals surface area contributed by atoms with Crippen LogP contribution in [-0.2, 0) is 0 Å². The van der Waals surface area contributed by atoms with Crippen molar-refractivity contribution < 1.29 is 9.47 Å². The Labute approximate surface area is 246 Å². The number of nitrogens with zero attached hydrogens (tertiary/aromatic N) is 3. The van der Waals surface area contributed by atoms with Gasteiger partial charge in [0, 0.05) is 29.0 Å². The molecule has 41 heavy (non-hydrogen) atoms. The Morgan fingerprint density at radius 2 is 1.41 bits per heavy atom. The molecule has 1 N–H and O–H groups in total. The average molecular weight is 561 g/mol. The monoisotopic (exact) mass is 560 g/mol. The third-order valence-electron chi connectivity index (χ3n) is 7.59. The van der Waals surface area contributed by atoms with Gasteiger partial charge in [0.2, 0.25) is 0 Å². The highest BCUT2D eigenvalue weighted by Crippen LogP contribution is 2.44. The standard InChI is InChI=1S/C34H32N4O2S/c1-22-8-10-25(11-9-22)37-23(2)21-30(24(37)3)33-32(31-7-5-6-20-35-31)36-34(41)38(33)26-12-14-28(15-13-26)40-29-18-16-27(39-4)17-19-29/h5-21,32-33H,1-4H3,(H,36,41). The lowest BCUT2D eigenvalue weighted by atomic mass is 9.96. The van der Waals surface area contributed by atoms with Gasteiger partial charge in [0.1, 0.15) is 17.2 Å². The summed E-state index contributed by atoms with van der Waals surface area (Å²) in [7, 11) is 1.65. The van der Waals surface area contributed by atoms with Gasteiger partial charge in [0.05, 0.1) is 24.9 Å². The van der Waals surface area contributed by atoms with Crippen molar-refractivity contribution in [1.82, 2.24) is 14.9 Å². The molecule has 2 atom stereocenters. The van der Waals surface area contributed by atoms with Crippen LogP contribution in [0.4, 0.5) is 5.69 Å². The van der Waals surface area contributed by atoms with E-state index in [4.69, 9.17) is 26.7 Å². The number of methoxy groups -OCH3 is 1. The molecule has 5 aromatic rings. The fourth-order valence-corrected chi connectivity index (χ4v) is 5.93. The first-order valence-corrected chi connectivity index (χ1v) is 14.0. The maximum atomic E-state index is 6.08. The fraction of sp³-hybridized carbons (Fsp3) is 0.176. The summed E-state index contributed by atoms with van der Waals surface area (Å²) in [6.07, 6.45) is 1.83. The molecule has 7 heteroatoms. The molecule has 0 amide bonds. The molecule has 206 valence electrons. The molecular weight excluding hydrogens is 528 g/mol. The molecule has 0 saturated carbocycles. The third kappa shape index (κ3) is 5.16. The second-order valence-corrected chi connectivity index (χ2v) is 10.7. The molecule has 3 aromatic carbocycles. The number of benzene rings is 3. The summed E-state index contributed by atoms with van der Waals surface area (Å²) in [6.45, 7) is 6.45. The minimum atomic E-state index is -0.120. The molecule has 6 rings (SSSR count). The molecule has 1 aliphatic heterocycles. The lowest BCUT2D eigenvalue weighted by Crippen LogP contribution is -2.29. The number of rotatable bonds is 7. The van der Waals surface area contributed by atoms with E-state index in [1.807, 2.05) is 54.7 Å². The number of pyridine rings is 1. The van der Waals surface area contributed by atoms with E-state index in [0.717, 1.165) is 34.3 Å². The van der Waals surface area contributed by atoms with Gasteiger partial charge < -0.3 is 24.3 Å². The summed E-state index contributed by atoms with van der Waals surface area (Å²) >= 11 is 5.97. The van der Waals surface area contributed by atoms with Crippen molar-refractivity contribution in [2.45, 2.75) is 32.9 Å². The normalized spacial score (nSPS) is 16.5. The van der Waals surface area contributed by atoms with E-state index in [0.29, 0.717) is 5.11 Å². The van der Waals surface area contributed by atoms with Crippen molar-refractivity contribution in [3.63, 3.8) is 0 Å². The first-order valence-electron chi connectivity index (χ1n) is 13.6. The van der Waals surface area contributed by atoms with Crippen LogP contribution < -0.4 is 19.7 Å². The SMILES string of the molecule is COc1ccc(Oc2ccc(N3C(=S)NC(c4ccccn4)C3c3cc(C)n(-c4ccc(C)cc4)c3C)cc2)cc1. The lowest BCUT2D eigenvalue weighted by molar-refractivity contribution is 0.413. The van der Waals surface area contributed by atoms with Gasteiger partial charge in [-0.3, -0.25) is 4.98 Å². The van der Waals surface area contributed by atoms with Crippen molar-refractivity contribution in [2.24, 2.45) is 0 Å². The van der Waals surface area contributed by atoms with Gasteiger partial charge in [-0.1, -0.05) is 23.8 Å². The molecular formula is C34H32N4O2S. The number of nitrogens with one attached hydrogen (secondary N) is 1. The predicted molar refractivity (Wildman–Crippen MR) is 167 cm³/mol. The zero-order valence-electron chi connectivity index (χ0n) is 23.5. The molecule has 0 radical (unpaired) electrons. The van der Waals surface area contributed by atoms with Crippen LogP contribution in [0.15, 0.2) is 103 Å². The van der Waals surface area contributed by atoms with Gasteiger partial charge in [-0.25, -0.2) is 0 Å². The van der Waals surface area contributed by atoms with Crippen LogP contribution in [0.25, 0.3) is 5.69 Å². The summed E-state index contributed by atoms with van der Waals surface area (Å²) in [5.74, 6) is 2.28. The van der Waals surface area contributed by atoms with Crippen LogP contribution in [0.1, 0.15) is 40.3 Å². The molecule has 6 nitrogen and oxygen atoms in total. The summed E-state index contributed by atoms with van der Waals surface area (Å²) in [5.41, 5.74) is 7.85. The largest absolute Gasteiger partial charge is 0.497 e. The third-order valence-corrected chi connectivity index (χ3v) is 7.90. The van der Waals surface area contributed by atoms with Crippen molar-refractivity contribution in [2.75, 3.05) is 12.0 Å². The van der Waals surface area contributed by atoms with Crippen LogP contribution in [0, 0.1) is 20.8 Å². The van der Waals surface area contributed by atoms with Crippen LogP contribution in [0.5, 0.6) is 17.2 Å². The number of hydrogen-bond acceptors (Lipinski definition) is 4. The summed E-state index contributed by atoms with van der Waals surface area (Å²) < 4.78 is 13.7. The van der Waals surface area contributed by atoms with Crippen molar-refractivity contribution >= 4 is 23.0 Å². The van der Waals surface area contributed by atoms with Gasteiger partial charge >= 0.3 is 0 Å². The first-order chi connectivity index (χ1) is 19.9. The number of aryl methyl sites for hydroxylation is 2. The molecule has 0 spiro atoms. The van der Waals surface area contributed by atoms with Gasteiger partial charge in [0.15, 0.2) is 5.11 Å². The van der Waals surface area contributed by atoms with Crippen molar-refractivity contribution in [3.8, 4) is 22.9 Å². The molecule has 2 unspecified atom stereocenters. The zero-order chi connectivity index (χ0) is 28.5. The van der Waals surface area contributed by atoms with E-state index in [2.05, 4.69) is 84.1 Å².